The zero-order valence-electron chi connectivity index (χ0n) is 10.6. The van der Waals surface area contributed by atoms with Crippen molar-refractivity contribution >= 4 is 23.0 Å². The molecule has 0 fully saturated rings. The largest absolute Gasteiger partial charge is 0.383 e. The molecule has 0 saturated carbocycles. The Morgan fingerprint density at radius 2 is 2.26 bits per heavy atom. The highest BCUT2D eigenvalue weighted by Gasteiger charge is 2.13. The van der Waals surface area contributed by atoms with Crippen LogP contribution in [0.4, 0.5) is 11.4 Å². The van der Waals surface area contributed by atoms with Crippen molar-refractivity contribution < 1.29 is 4.92 Å². The van der Waals surface area contributed by atoms with E-state index in [1.165, 1.54) is 6.07 Å². The number of hydrogen-bond acceptors (Lipinski definition) is 4. The summed E-state index contributed by atoms with van der Waals surface area (Å²) in [6.07, 6.45) is 1.73. The minimum Gasteiger partial charge on any atom is -0.383 e. The molecule has 7 heteroatoms. The third-order valence-corrected chi connectivity index (χ3v) is 3.13. The van der Waals surface area contributed by atoms with Crippen molar-refractivity contribution in [3.8, 4) is 0 Å². The number of nitro benzene ring substituents is 1. The summed E-state index contributed by atoms with van der Waals surface area (Å²) >= 11 is 5.94. The Bertz CT molecular complexity index is 605. The van der Waals surface area contributed by atoms with Gasteiger partial charge in [-0.25, -0.2) is 0 Å². The summed E-state index contributed by atoms with van der Waals surface area (Å²) in [6.45, 7) is 2.34. The maximum absolute atomic E-state index is 10.8. The highest BCUT2D eigenvalue weighted by atomic mass is 35.5. The van der Waals surface area contributed by atoms with E-state index >= 15 is 0 Å². The van der Waals surface area contributed by atoms with Gasteiger partial charge in [-0.2, -0.15) is 5.10 Å². The van der Waals surface area contributed by atoms with Crippen molar-refractivity contribution in [2.75, 3.05) is 12.4 Å². The average molecular weight is 281 g/mol. The lowest BCUT2D eigenvalue weighted by molar-refractivity contribution is -0.383. The van der Waals surface area contributed by atoms with E-state index in [0.717, 1.165) is 11.3 Å². The molecule has 2 aromatic rings. The van der Waals surface area contributed by atoms with Gasteiger partial charge in [0.2, 0.25) is 0 Å². The molecule has 1 N–H and O–H groups in total. The fraction of sp³-hybridized carbons (Fsp3) is 0.250. The zero-order valence-corrected chi connectivity index (χ0v) is 11.3. The van der Waals surface area contributed by atoms with Crippen LogP contribution in [0.2, 0.25) is 5.02 Å². The molecule has 0 aliphatic heterocycles. The first-order valence-corrected chi connectivity index (χ1v) is 6.03. The fourth-order valence-electron chi connectivity index (χ4n) is 1.80. The molecule has 100 valence electrons. The van der Waals surface area contributed by atoms with Crippen LogP contribution >= 0.6 is 11.6 Å². The summed E-state index contributed by atoms with van der Waals surface area (Å²) in [6, 6.07) is 4.94. The minimum absolute atomic E-state index is 0.0564. The summed E-state index contributed by atoms with van der Waals surface area (Å²) < 4.78 is 1.71. The van der Waals surface area contributed by atoms with Gasteiger partial charge in [-0.1, -0.05) is 17.7 Å². The molecule has 2 rings (SSSR count). The maximum atomic E-state index is 10.8. The molecule has 1 heterocycles. The average Bonchev–Trinajstić information content (AvgIpc) is 2.67. The van der Waals surface area contributed by atoms with Crippen molar-refractivity contribution in [1.29, 1.82) is 0 Å². The number of benzene rings is 1. The summed E-state index contributed by atoms with van der Waals surface area (Å²) in [4.78, 5) is 10.4. The van der Waals surface area contributed by atoms with Gasteiger partial charge in [-0.05, 0) is 18.6 Å². The quantitative estimate of drug-likeness (QED) is 0.690. The molecular weight excluding hydrogens is 268 g/mol. The Morgan fingerprint density at radius 3 is 2.79 bits per heavy atom. The number of hydrogen-bond donors (Lipinski definition) is 1. The molecule has 0 aliphatic carbocycles. The van der Waals surface area contributed by atoms with Crippen LogP contribution in [0.1, 0.15) is 11.3 Å². The molecule has 19 heavy (non-hydrogen) atoms. The molecule has 0 unspecified atom stereocenters. The monoisotopic (exact) mass is 280 g/mol. The third-order valence-electron chi connectivity index (χ3n) is 2.76. The first-order valence-electron chi connectivity index (χ1n) is 5.66. The Labute approximate surface area is 115 Å². The third kappa shape index (κ3) is 2.85. The minimum atomic E-state index is -0.412. The second kappa shape index (κ2) is 5.27. The predicted octanol–water partition coefficient (Wildman–Crippen LogP) is 2.84. The number of halogens is 1. The lowest BCUT2D eigenvalue weighted by Crippen LogP contribution is -2.03. The number of nitrogens with zero attached hydrogens (tertiary/aromatic N) is 3. The fourth-order valence-corrected chi connectivity index (χ4v) is 1.95. The van der Waals surface area contributed by atoms with Gasteiger partial charge in [0, 0.05) is 19.3 Å². The first kappa shape index (κ1) is 13.4. The van der Waals surface area contributed by atoms with Crippen molar-refractivity contribution in [3.05, 3.63) is 50.8 Å². The number of aryl methyl sites for hydroxylation is 1. The molecule has 0 amide bonds. The Kier molecular flexibility index (Phi) is 3.71. The number of aromatic nitrogens is 2. The number of rotatable bonds is 4. The van der Waals surface area contributed by atoms with Crippen molar-refractivity contribution in [2.24, 2.45) is 0 Å². The molecule has 0 atom stereocenters. The standard InChI is InChI=1S/C12H13ClN4O2/c1-8-10(13)7-16(15-8)6-9-3-4-12(17(18)19)11(5-9)14-2/h3-5,7,14H,6H2,1-2H3. The van der Waals surface area contributed by atoms with Crippen LogP contribution in [0.25, 0.3) is 0 Å². The van der Waals surface area contributed by atoms with Gasteiger partial charge < -0.3 is 5.32 Å². The Hall–Kier alpha value is -2.08. The van der Waals surface area contributed by atoms with E-state index in [1.807, 2.05) is 6.92 Å². The second-order valence-electron chi connectivity index (χ2n) is 4.12. The van der Waals surface area contributed by atoms with E-state index in [-0.39, 0.29) is 5.69 Å². The maximum Gasteiger partial charge on any atom is 0.292 e. The van der Waals surface area contributed by atoms with Crippen LogP contribution in [0.3, 0.4) is 0 Å². The lowest BCUT2D eigenvalue weighted by atomic mass is 10.1. The molecule has 1 aromatic heterocycles. The zero-order chi connectivity index (χ0) is 14.0. The van der Waals surface area contributed by atoms with Crippen LogP contribution in [0, 0.1) is 17.0 Å². The van der Waals surface area contributed by atoms with Gasteiger partial charge >= 0.3 is 0 Å². The smallest absolute Gasteiger partial charge is 0.292 e. The van der Waals surface area contributed by atoms with E-state index in [2.05, 4.69) is 10.4 Å². The normalized spacial score (nSPS) is 10.5. The van der Waals surface area contributed by atoms with E-state index < -0.39 is 4.92 Å². The van der Waals surface area contributed by atoms with Crippen molar-refractivity contribution in [1.82, 2.24) is 9.78 Å². The SMILES string of the molecule is CNc1cc(Cn2cc(Cl)c(C)n2)ccc1[N+](=O)[O-]. The topological polar surface area (TPSA) is 73.0 Å². The molecule has 1 aromatic carbocycles. The number of nitro groups is 1. The van der Waals surface area contributed by atoms with Crippen molar-refractivity contribution in [3.63, 3.8) is 0 Å². The summed E-state index contributed by atoms with van der Waals surface area (Å²) in [5.74, 6) is 0. The summed E-state index contributed by atoms with van der Waals surface area (Å²) in [5, 5.41) is 18.5. The van der Waals surface area contributed by atoms with Crippen molar-refractivity contribution in [2.45, 2.75) is 13.5 Å². The Morgan fingerprint density at radius 1 is 1.53 bits per heavy atom. The lowest BCUT2D eigenvalue weighted by Gasteiger charge is -2.06. The molecule has 6 nitrogen and oxygen atoms in total. The molecule has 0 bridgehead atoms. The number of nitrogens with one attached hydrogen (secondary N) is 1. The summed E-state index contributed by atoms with van der Waals surface area (Å²) in [5.41, 5.74) is 2.21. The van der Waals surface area contributed by atoms with Gasteiger partial charge in [-0.3, -0.25) is 14.8 Å². The highest BCUT2D eigenvalue weighted by molar-refractivity contribution is 6.31. The first-order chi connectivity index (χ1) is 9.01. The number of anilines is 1. The van der Waals surface area contributed by atoms with E-state index in [0.29, 0.717) is 17.3 Å². The molecule has 0 spiro atoms. The van der Waals surface area contributed by atoms with Gasteiger partial charge in [0.15, 0.2) is 0 Å². The van der Waals surface area contributed by atoms with Gasteiger partial charge in [0.1, 0.15) is 5.69 Å². The van der Waals surface area contributed by atoms with Gasteiger partial charge in [-0.15, -0.1) is 0 Å². The second-order valence-corrected chi connectivity index (χ2v) is 4.53. The molecule has 0 saturated heterocycles. The van der Waals surface area contributed by atoms with Crippen LogP contribution in [-0.4, -0.2) is 21.8 Å². The molecular formula is C12H13ClN4O2. The Balaban J connectivity index is 2.28. The predicted molar refractivity (Wildman–Crippen MR) is 73.7 cm³/mol. The molecule has 0 radical (unpaired) electrons. The van der Waals surface area contributed by atoms with Gasteiger partial charge in [0.05, 0.1) is 22.2 Å². The highest BCUT2D eigenvalue weighted by Crippen LogP contribution is 2.25. The van der Waals surface area contributed by atoms with Crippen LogP contribution < -0.4 is 5.32 Å². The van der Waals surface area contributed by atoms with Crippen LogP contribution in [0.15, 0.2) is 24.4 Å². The van der Waals surface area contributed by atoms with Gasteiger partial charge in [0.25, 0.3) is 5.69 Å². The van der Waals surface area contributed by atoms with E-state index in [1.54, 1.807) is 30.1 Å². The van der Waals surface area contributed by atoms with Crippen LogP contribution in [0.5, 0.6) is 0 Å². The van der Waals surface area contributed by atoms with E-state index in [9.17, 15) is 10.1 Å². The summed E-state index contributed by atoms with van der Waals surface area (Å²) in [7, 11) is 1.65. The van der Waals surface area contributed by atoms with E-state index in [4.69, 9.17) is 11.6 Å². The molecule has 0 aliphatic rings. The van der Waals surface area contributed by atoms with Crippen LogP contribution in [-0.2, 0) is 6.54 Å².